The Balaban J connectivity index is 0.00000192. The van der Waals surface area contributed by atoms with Gasteiger partial charge in [-0.15, -0.1) is 0 Å². The molecule has 110 valence electrons. The first-order valence-electron chi connectivity index (χ1n) is 7.02. The van der Waals surface area contributed by atoms with Crippen molar-refractivity contribution < 1.29 is 9.32 Å². The Kier molecular flexibility index (Phi) is 7.01. The number of carbonyl (C=O) groups is 1. The second-order valence-electron chi connectivity index (χ2n) is 4.71. The van der Waals surface area contributed by atoms with Gasteiger partial charge in [-0.2, -0.15) is 0 Å². The number of hydrogen-bond acceptors (Lipinski definition) is 2. The van der Waals surface area contributed by atoms with Gasteiger partial charge in [0, 0.05) is 10.6 Å². The Bertz CT molecular complexity index is 694. The molecule has 4 heteroatoms. The third-order valence-electron chi connectivity index (χ3n) is 3.17. The number of rotatable bonds is 4. The van der Waals surface area contributed by atoms with Crippen LogP contribution in [0.25, 0.3) is 0 Å². The molecule has 0 heterocycles. The van der Waals surface area contributed by atoms with E-state index in [0.29, 0.717) is 5.56 Å². The van der Waals surface area contributed by atoms with Crippen molar-refractivity contribution in [2.24, 2.45) is 0 Å². The van der Waals surface area contributed by atoms with Crippen molar-refractivity contribution in [1.29, 1.82) is 0 Å². The summed E-state index contributed by atoms with van der Waals surface area (Å²) in [5.41, 5.74) is 0.571. The molecule has 0 aliphatic carbocycles. The van der Waals surface area contributed by atoms with Gasteiger partial charge >= 0.3 is 35.5 Å². The van der Waals surface area contributed by atoms with Gasteiger partial charge in [0.05, 0.1) is 5.56 Å². The molecule has 0 fully saturated rings. The van der Waals surface area contributed by atoms with Crippen LogP contribution < -0.4 is 10.6 Å². The molecule has 0 aliphatic rings. The van der Waals surface area contributed by atoms with Crippen molar-refractivity contribution >= 4 is 54.3 Å². The molecule has 3 aromatic rings. The zero-order chi connectivity index (χ0) is 15.2. The average Bonchev–Trinajstić information content (AvgIpc) is 2.62. The maximum atomic E-state index is 12.4. The Labute approximate surface area is 159 Å². The molecule has 0 radical (unpaired) electrons. The second-order valence-corrected chi connectivity index (χ2v) is 6.51. The van der Waals surface area contributed by atoms with E-state index >= 15 is 0 Å². The summed E-state index contributed by atoms with van der Waals surface area (Å²) in [6.45, 7) is 0. The molecule has 3 rings (SSSR count). The van der Waals surface area contributed by atoms with Gasteiger partial charge in [0.2, 0.25) is 0 Å². The summed E-state index contributed by atoms with van der Waals surface area (Å²) in [5, 5.41) is 2.04. The Hall–Kier alpha value is -1.44. The van der Waals surface area contributed by atoms with Crippen LogP contribution in [0.1, 0.15) is 10.4 Å². The first kappa shape index (κ1) is 17.9. The first-order chi connectivity index (χ1) is 10.8. The van der Waals surface area contributed by atoms with Crippen LogP contribution in [0, 0.1) is 0 Å². The Morgan fingerprint density at radius 3 is 1.48 bits per heavy atom. The predicted molar refractivity (Wildman–Crippen MR) is 98.1 cm³/mol. The van der Waals surface area contributed by atoms with E-state index in [9.17, 15) is 4.79 Å². The SMILES string of the molecule is O=C(OP(c1ccccc1)c1ccccc1)c1ccccc1.[NaH]. The van der Waals surface area contributed by atoms with Gasteiger partial charge in [0.15, 0.2) is 8.15 Å². The molecule has 3 aromatic carbocycles. The summed E-state index contributed by atoms with van der Waals surface area (Å²) < 4.78 is 5.83. The van der Waals surface area contributed by atoms with Crippen LogP contribution in [0.3, 0.4) is 0 Å². The summed E-state index contributed by atoms with van der Waals surface area (Å²) in [6, 6.07) is 28.9. The molecule has 23 heavy (non-hydrogen) atoms. The van der Waals surface area contributed by atoms with Gasteiger partial charge in [-0.05, 0) is 12.1 Å². The minimum absolute atomic E-state index is 0. The van der Waals surface area contributed by atoms with E-state index in [-0.39, 0.29) is 35.5 Å². The van der Waals surface area contributed by atoms with Gasteiger partial charge in [0.25, 0.3) is 0 Å². The van der Waals surface area contributed by atoms with Crippen LogP contribution >= 0.6 is 8.15 Å². The van der Waals surface area contributed by atoms with E-state index in [1.807, 2.05) is 78.9 Å². The van der Waals surface area contributed by atoms with Crippen molar-refractivity contribution in [1.82, 2.24) is 0 Å². The summed E-state index contributed by atoms with van der Waals surface area (Å²) in [5.74, 6) is -0.292. The third-order valence-corrected chi connectivity index (χ3v) is 5.05. The van der Waals surface area contributed by atoms with E-state index in [4.69, 9.17) is 4.52 Å². The van der Waals surface area contributed by atoms with E-state index in [1.165, 1.54) is 0 Å². The molecule has 0 aromatic heterocycles. The zero-order valence-corrected chi connectivity index (χ0v) is 12.8. The van der Waals surface area contributed by atoms with Crippen LogP contribution in [0.15, 0.2) is 91.0 Å². The van der Waals surface area contributed by atoms with Gasteiger partial charge in [0.1, 0.15) is 0 Å². The third kappa shape index (κ3) is 4.76. The van der Waals surface area contributed by atoms with Crippen molar-refractivity contribution in [3.8, 4) is 0 Å². The van der Waals surface area contributed by atoms with Crippen molar-refractivity contribution in [2.45, 2.75) is 0 Å². The van der Waals surface area contributed by atoms with Gasteiger partial charge < -0.3 is 4.52 Å². The van der Waals surface area contributed by atoms with E-state index in [2.05, 4.69) is 0 Å². The second kappa shape index (κ2) is 9.00. The van der Waals surface area contributed by atoms with Crippen LogP contribution in [-0.4, -0.2) is 35.5 Å². The number of benzene rings is 3. The van der Waals surface area contributed by atoms with Gasteiger partial charge in [-0.1, -0.05) is 78.9 Å². The fraction of sp³-hybridized carbons (Fsp3) is 0. The van der Waals surface area contributed by atoms with Gasteiger partial charge in [-0.25, -0.2) is 4.79 Å². The quantitative estimate of drug-likeness (QED) is 0.542. The van der Waals surface area contributed by atoms with Crippen LogP contribution in [0.4, 0.5) is 0 Å². The number of carbonyl (C=O) groups excluding carboxylic acids is 1. The molecule has 0 saturated carbocycles. The fourth-order valence-electron chi connectivity index (χ4n) is 2.09. The summed E-state index contributed by atoms with van der Waals surface area (Å²) in [7, 11) is -1.16. The average molecular weight is 330 g/mol. The monoisotopic (exact) mass is 330 g/mol. The molecule has 0 amide bonds. The van der Waals surface area contributed by atoms with E-state index in [1.54, 1.807) is 12.1 Å². The van der Waals surface area contributed by atoms with Crippen LogP contribution in [0.5, 0.6) is 0 Å². The molecular weight excluding hydrogens is 314 g/mol. The van der Waals surface area contributed by atoms with Crippen molar-refractivity contribution in [3.63, 3.8) is 0 Å². The Morgan fingerprint density at radius 2 is 1.04 bits per heavy atom. The molecule has 0 atom stereocenters. The van der Waals surface area contributed by atoms with E-state index in [0.717, 1.165) is 10.6 Å². The minimum atomic E-state index is -1.16. The standard InChI is InChI=1S/C19H15O2P.Na.H/c20-19(16-10-4-1-5-11-16)21-22(17-12-6-2-7-13-17)18-14-8-3-9-15-18;;/h1-15H;;. The molecule has 0 bridgehead atoms. The predicted octanol–water partition coefficient (Wildman–Crippen LogP) is 3.24. The van der Waals surface area contributed by atoms with E-state index < -0.39 is 8.15 Å². The molecule has 2 nitrogen and oxygen atoms in total. The zero-order valence-electron chi connectivity index (χ0n) is 11.9. The van der Waals surface area contributed by atoms with Crippen LogP contribution in [-0.2, 0) is 4.52 Å². The summed E-state index contributed by atoms with van der Waals surface area (Å²) in [4.78, 5) is 12.4. The fourth-order valence-corrected chi connectivity index (χ4v) is 3.76. The molecule has 0 aliphatic heterocycles. The molecule has 0 N–H and O–H groups in total. The van der Waals surface area contributed by atoms with Crippen LogP contribution in [0.2, 0.25) is 0 Å². The molecular formula is C19H16NaO2P. The van der Waals surface area contributed by atoms with Crippen molar-refractivity contribution in [2.75, 3.05) is 0 Å². The Morgan fingerprint density at radius 1 is 0.652 bits per heavy atom. The number of hydrogen-bond donors (Lipinski definition) is 0. The topological polar surface area (TPSA) is 26.3 Å². The molecule has 0 unspecified atom stereocenters. The maximum absolute atomic E-state index is 12.4. The molecule has 0 spiro atoms. The van der Waals surface area contributed by atoms with Gasteiger partial charge in [-0.3, -0.25) is 0 Å². The molecule has 0 saturated heterocycles. The normalized spacial score (nSPS) is 9.96. The summed E-state index contributed by atoms with van der Waals surface area (Å²) >= 11 is 0. The first-order valence-corrected chi connectivity index (χ1v) is 8.28. The van der Waals surface area contributed by atoms with Crippen molar-refractivity contribution in [3.05, 3.63) is 96.6 Å². The summed E-state index contributed by atoms with van der Waals surface area (Å²) in [6.07, 6.45) is 0.